The van der Waals surface area contributed by atoms with Crippen molar-refractivity contribution in [2.75, 3.05) is 0 Å². The Bertz CT molecular complexity index is 630. The van der Waals surface area contributed by atoms with Crippen LogP contribution in [0.2, 0.25) is 0 Å². The molecule has 3 nitrogen and oxygen atoms in total. The Balaban J connectivity index is 2.47. The Kier molecular flexibility index (Phi) is 5.21. The van der Waals surface area contributed by atoms with Gasteiger partial charge in [0.15, 0.2) is 17.3 Å². The van der Waals surface area contributed by atoms with E-state index >= 15 is 0 Å². The smallest absolute Gasteiger partial charge is 0.196 e. The van der Waals surface area contributed by atoms with E-state index in [9.17, 15) is 4.79 Å². The van der Waals surface area contributed by atoms with E-state index in [0.717, 1.165) is 0 Å². The average molecular weight is 298 g/mol. The van der Waals surface area contributed by atoms with Crippen molar-refractivity contribution in [1.29, 1.82) is 0 Å². The van der Waals surface area contributed by atoms with Crippen molar-refractivity contribution in [2.24, 2.45) is 0 Å². The molecule has 0 saturated heterocycles. The van der Waals surface area contributed by atoms with Crippen LogP contribution in [0, 0.1) is 0 Å². The molecular weight excluding hydrogens is 276 g/mol. The molecule has 0 bridgehead atoms. The number of hydrogen-bond acceptors (Lipinski definition) is 3. The molecular formula is C19H22O3. The summed E-state index contributed by atoms with van der Waals surface area (Å²) in [7, 11) is 0. The first kappa shape index (κ1) is 16.1. The highest BCUT2D eigenvalue weighted by atomic mass is 16.5. The predicted molar refractivity (Wildman–Crippen MR) is 87.8 cm³/mol. The average Bonchev–Trinajstić information content (AvgIpc) is 2.48. The molecule has 0 aliphatic carbocycles. The second-order valence-electron chi connectivity index (χ2n) is 5.66. The van der Waals surface area contributed by atoms with Gasteiger partial charge in [0, 0.05) is 5.56 Å². The number of ether oxygens (including phenoxy) is 2. The first-order valence-corrected chi connectivity index (χ1v) is 7.55. The Hall–Kier alpha value is -2.29. The Labute approximate surface area is 131 Å². The maximum atomic E-state index is 12.8. The minimum absolute atomic E-state index is 0.0107. The highest BCUT2D eigenvalue weighted by molar-refractivity contribution is 6.11. The van der Waals surface area contributed by atoms with Crippen LogP contribution in [0.15, 0.2) is 48.5 Å². The van der Waals surface area contributed by atoms with Gasteiger partial charge in [0.25, 0.3) is 0 Å². The SMILES string of the molecule is CC(C)Oc1cccc(C(=O)c2ccccc2)c1OC(C)C. The minimum Gasteiger partial charge on any atom is -0.487 e. The van der Waals surface area contributed by atoms with Crippen LogP contribution in [0.3, 0.4) is 0 Å². The van der Waals surface area contributed by atoms with Gasteiger partial charge in [0.1, 0.15) is 0 Å². The van der Waals surface area contributed by atoms with Gasteiger partial charge in [-0.25, -0.2) is 0 Å². The molecule has 0 radical (unpaired) electrons. The summed E-state index contributed by atoms with van der Waals surface area (Å²) in [6, 6.07) is 14.6. The summed E-state index contributed by atoms with van der Waals surface area (Å²) in [5, 5.41) is 0. The lowest BCUT2D eigenvalue weighted by molar-refractivity contribution is 0.103. The lowest BCUT2D eigenvalue weighted by Crippen LogP contribution is -2.14. The molecule has 0 spiro atoms. The topological polar surface area (TPSA) is 35.5 Å². The third kappa shape index (κ3) is 3.88. The van der Waals surface area contributed by atoms with E-state index in [-0.39, 0.29) is 18.0 Å². The van der Waals surface area contributed by atoms with Crippen molar-refractivity contribution in [3.63, 3.8) is 0 Å². The van der Waals surface area contributed by atoms with Gasteiger partial charge in [-0.1, -0.05) is 36.4 Å². The molecule has 116 valence electrons. The fourth-order valence-corrected chi connectivity index (χ4v) is 2.14. The molecule has 0 aliphatic rings. The van der Waals surface area contributed by atoms with Gasteiger partial charge in [-0.15, -0.1) is 0 Å². The number of para-hydroxylation sites is 1. The molecule has 0 unspecified atom stereocenters. The van der Waals surface area contributed by atoms with E-state index in [1.807, 2.05) is 58.0 Å². The first-order valence-electron chi connectivity index (χ1n) is 7.55. The maximum absolute atomic E-state index is 12.8. The fourth-order valence-electron chi connectivity index (χ4n) is 2.14. The van der Waals surface area contributed by atoms with Gasteiger partial charge in [-0.2, -0.15) is 0 Å². The van der Waals surface area contributed by atoms with E-state index in [0.29, 0.717) is 22.6 Å². The summed E-state index contributed by atoms with van der Waals surface area (Å²) in [6.45, 7) is 7.77. The zero-order valence-electron chi connectivity index (χ0n) is 13.5. The molecule has 2 aromatic rings. The zero-order valence-corrected chi connectivity index (χ0v) is 13.5. The fraction of sp³-hybridized carbons (Fsp3) is 0.316. The molecule has 0 N–H and O–H groups in total. The molecule has 2 rings (SSSR count). The van der Waals surface area contributed by atoms with Crippen LogP contribution in [0.5, 0.6) is 11.5 Å². The van der Waals surface area contributed by atoms with E-state index in [2.05, 4.69) is 0 Å². The number of benzene rings is 2. The third-order valence-corrected chi connectivity index (χ3v) is 2.98. The quantitative estimate of drug-likeness (QED) is 0.737. The largest absolute Gasteiger partial charge is 0.487 e. The number of ketones is 1. The lowest BCUT2D eigenvalue weighted by atomic mass is 10.0. The number of carbonyl (C=O) groups excluding carboxylic acids is 1. The second kappa shape index (κ2) is 7.12. The second-order valence-corrected chi connectivity index (χ2v) is 5.66. The molecule has 2 aromatic carbocycles. The van der Waals surface area contributed by atoms with Gasteiger partial charge in [-0.3, -0.25) is 4.79 Å². The monoisotopic (exact) mass is 298 g/mol. The number of carbonyl (C=O) groups is 1. The highest BCUT2D eigenvalue weighted by Gasteiger charge is 2.20. The van der Waals surface area contributed by atoms with Crippen LogP contribution in [-0.2, 0) is 0 Å². The third-order valence-electron chi connectivity index (χ3n) is 2.98. The first-order chi connectivity index (χ1) is 10.5. The predicted octanol–water partition coefficient (Wildman–Crippen LogP) is 4.49. The van der Waals surface area contributed by atoms with Gasteiger partial charge < -0.3 is 9.47 Å². The Morgan fingerprint density at radius 3 is 2.05 bits per heavy atom. The summed E-state index contributed by atoms with van der Waals surface area (Å²) in [5.41, 5.74) is 1.16. The van der Waals surface area contributed by atoms with E-state index in [1.54, 1.807) is 18.2 Å². The summed E-state index contributed by atoms with van der Waals surface area (Å²) in [4.78, 5) is 12.8. The van der Waals surface area contributed by atoms with Crippen molar-refractivity contribution in [1.82, 2.24) is 0 Å². The van der Waals surface area contributed by atoms with Crippen LogP contribution < -0.4 is 9.47 Å². The van der Waals surface area contributed by atoms with Gasteiger partial charge in [0.05, 0.1) is 17.8 Å². The van der Waals surface area contributed by atoms with E-state index in [4.69, 9.17) is 9.47 Å². The summed E-state index contributed by atoms with van der Waals surface area (Å²) < 4.78 is 11.7. The van der Waals surface area contributed by atoms with Crippen molar-refractivity contribution < 1.29 is 14.3 Å². The molecule has 22 heavy (non-hydrogen) atoms. The van der Waals surface area contributed by atoms with Gasteiger partial charge in [0.2, 0.25) is 0 Å². The van der Waals surface area contributed by atoms with E-state index in [1.165, 1.54) is 0 Å². The van der Waals surface area contributed by atoms with Crippen molar-refractivity contribution in [3.05, 3.63) is 59.7 Å². The van der Waals surface area contributed by atoms with Crippen LogP contribution in [0.25, 0.3) is 0 Å². The van der Waals surface area contributed by atoms with Crippen molar-refractivity contribution in [3.8, 4) is 11.5 Å². The van der Waals surface area contributed by atoms with Crippen LogP contribution in [0.1, 0.15) is 43.6 Å². The molecule has 3 heteroatoms. The molecule has 0 aliphatic heterocycles. The van der Waals surface area contributed by atoms with Crippen LogP contribution in [0.4, 0.5) is 0 Å². The lowest BCUT2D eigenvalue weighted by Gasteiger charge is -2.19. The molecule has 0 fully saturated rings. The molecule has 0 heterocycles. The highest BCUT2D eigenvalue weighted by Crippen LogP contribution is 2.34. The summed E-state index contributed by atoms with van der Waals surface area (Å²) >= 11 is 0. The Morgan fingerprint density at radius 1 is 0.818 bits per heavy atom. The molecule has 0 aromatic heterocycles. The summed E-state index contributed by atoms with van der Waals surface area (Å²) in [5.74, 6) is 1.05. The van der Waals surface area contributed by atoms with E-state index < -0.39 is 0 Å². The minimum atomic E-state index is -0.0644. The van der Waals surface area contributed by atoms with Crippen LogP contribution >= 0.6 is 0 Å². The molecule has 0 atom stereocenters. The Morgan fingerprint density at radius 2 is 1.45 bits per heavy atom. The molecule has 0 saturated carbocycles. The number of hydrogen-bond donors (Lipinski definition) is 0. The van der Waals surface area contributed by atoms with Crippen molar-refractivity contribution in [2.45, 2.75) is 39.9 Å². The summed E-state index contributed by atoms with van der Waals surface area (Å²) in [6.07, 6.45) is -0.0316. The van der Waals surface area contributed by atoms with Crippen LogP contribution in [-0.4, -0.2) is 18.0 Å². The van der Waals surface area contributed by atoms with Gasteiger partial charge in [-0.05, 0) is 39.8 Å². The van der Waals surface area contributed by atoms with Crippen molar-refractivity contribution >= 4 is 5.78 Å². The maximum Gasteiger partial charge on any atom is 0.196 e. The standard InChI is InChI=1S/C19H22O3/c1-13(2)21-17-12-8-11-16(19(17)22-14(3)4)18(20)15-9-6-5-7-10-15/h5-14H,1-4H3. The normalized spacial score (nSPS) is 10.8. The molecule has 0 amide bonds. The zero-order chi connectivity index (χ0) is 16.1. The van der Waals surface area contributed by atoms with Gasteiger partial charge >= 0.3 is 0 Å². The number of rotatable bonds is 6.